The topological polar surface area (TPSA) is 69.6 Å². The lowest BCUT2D eigenvalue weighted by atomic mass is 10.3. The normalized spacial score (nSPS) is 10.6. The highest BCUT2D eigenvalue weighted by Crippen LogP contribution is 2.30. The SMILES string of the molecule is CCNC(=S)N/N=C\c1csc(N(C(C)=O)c2cccc(Cl)c2)n1. The van der Waals surface area contributed by atoms with Crippen molar-refractivity contribution >= 4 is 63.2 Å². The van der Waals surface area contributed by atoms with Gasteiger partial charge in [-0.05, 0) is 37.3 Å². The third-order valence-electron chi connectivity index (χ3n) is 2.78. The van der Waals surface area contributed by atoms with Crippen molar-refractivity contribution in [3.05, 3.63) is 40.4 Å². The van der Waals surface area contributed by atoms with Gasteiger partial charge in [-0.25, -0.2) is 4.98 Å². The van der Waals surface area contributed by atoms with Gasteiger partial charge in [-0.3, -0.25) is 15.1 Å². The summed E-state index contributed by atoms with van der Waals surface area (Å²) < 4.78 is 0. The van der Waals surface area contributed by atoms with Crippen LogP contribution in [0.2, 0.25) is 5.02 Å². The number of thiazole rings is 1. The molecule has 9 heteroatoms. The quantitative estimate of drug-likeness (QED) is 0.472. The van der Waals surface area contributed by atoms with Gasteiger partial charge in [-0.2, -0.15) is 5.10 Å². The Bertz CT molecular complexity index is 762. The van der Waals surface area contributed by atoms with Crippen LogP contribution < -0.4 is 15.6 Å². The molecule has 0 spiro atoms. The molecule has 1 aromatic carbocycles. The highest BCUT2D eigenvalue weighted by molar-refractivity contribution is 7.80. The van der Waals surface area contributed by atoms with Gasteiger partial charge in [-0.1, -0.05) is 17.7 Å². The van der Waals surface area contributed by atoms with Gasteiger partial charge in [0.05, 0.1) is 17.6 Å². The van der Waals surface area contributed by atoms with Crippen molar-refractivity contribution in [3.63, 3.8) is 0 Å². The predicted molar refractivity (Wildman–Crippen MR) is 103 cm³/mol. The molecule has 0 saturated heterocycles. The van der Waals surface area contributed by atoms with Crippen molar-refractivity contribution in [2.24, 2.45) is 5.10 Å². The van der Waals surface area contributed by atoms with E-state index < -0.39 is 0 Å². The molecule has 24 heavy (non-hydrogen) atoms. The fraction of sp³-hybridized carbons (Fsp3) is 0.200. The summed E-state index contributed by atoms with van der Waals surface area (Å²) in [4.78, 5) is 17.9. The average molecular weight is 382 g/mol. The number of carbonyl (C=O) groups is 1. The number of halogens is 1. The first-order valence-corrected chi connectivity index (χ1v) is 8.76. The minimum atomic E-state index is -0.151. The number of hydrazone groups is 1. The van der Waals surface area contributed by atoms with E-state index in [4.69, 9.17) is 23.8 Å². The van der Waals surface area contributed by atoms with Crippen molar-refractivity contribution in [1.82, 2.24) is 15.7 Å². The van der Waals surface area contributed by atoms with Crippen molar-refractivity contribution < 1.29 is 4.79 Å². The summed E-state index contributed by atoms with van der Waals surface area (Å²) in [5.74, 6) is -0.151. The Morgan fingerprint density at radius 3 is 3.00 bits per heavy atom. The van der Waals surface area contributed by atoms with E-state index in [1.165, 1.54) is 23.2 Å². The van der Waals surface area contributed by atoms with Crippen molar-refractivity contribution in [1.29, 1.82) is 0 Å². The number of benzene rings is 1. The molecular formula is C15H16ClN5OS2. The first-order chi connectivity index (χ1) is 11.5. The second kappa shape index (κ2) is 8.72. The maximum atomic E-state index is 12.0. The van der Waals surface area contributed by atoms with E-state index >= 15 is 0 Å². The van der Waals surface area contributed by atoms with Crippen LogP contribution in [-0.4, -0.2) is 28.8 Å². The minimum absolute atomic E-state index is 0.151. The Balaban J connectivity index is 2.16. The number of hydrogen-bond donors (Lipinski definition) is 2. The molecule has 0 atom stereocenters. The van der Waals surface area contributed by atoms with Crippen molar-refractivity contribution in [3.8, 4) is 0 Å². The zero-order chi connectivity index (χ0) is 17.5. The number of anilines is 2. The first kappa shape index (κ1) is 18.3. The van der Waals surface area contributed by atoms with Gasteiger partial charge in [0.1, 0.15) is 0 Å². The van der Waals surface area contributed by atoms with Crippen LogP contribution in [0.15, 0.2) is 34.7 Å². The number of nitrogens with zero attached hydrogens (tertiary/aromatic N) is 3. The Hall–Kier alpha value is -2.03. The Labute approximate surface area is 154 Å². The van der Waals surface area contributed by atoms with Gasteiger partial charge in [0, 0.05) is 23.9 Å². The maximum absolute atomic E-state index is 12.0. The largest absolute Gasteiger partial charge is 0.362 e. The smallest absolute Gasteiger partial charge is 0.230 e. The molecule has 0 aliphatic carbocycles. The molecule has 1 heterocycles. The number of thiocarbonyl (C=S) groups is 1. The fourth-order valence-electron chi connectivity index (χ4n) is 1.84. The molecule has 1 amide bonds. The lowest BCUT2D eigenvalue weighted by molar-refractivity contribution is -0.115. The standard InChI is InChI=1S/C15H16ClN5OS2/c1-3-17-14(23)20-18-8-12-9-24-15(19-12)21(10(2)22)13-6-4-5-11(16)7-13/h4-9H,3H2,1-2H3,(H2,17,20,23)/b18-8-. The average Bonchev–Trinajstić information content (AvgIpc) is 2.96. The minimum Gasteiger partial charge on any atom is -0.362 e. The van der Waals surface area contributed by atoms with Crippen molar-refractivity contribution in [2.45, 2.75) is 13.8 Å². The van der Waals surface area contributed by atoms with E-state index in [9.17, 15) is 4.79 Å². The van der Waals surface area contributed by atoms with Gasteiger partial charge in [0.25, 0.3) is 0 Å². The van der Waals surface area contributed by atoms with Gasteiger partial charge >= 0.3 is 0 Å². The number of amides is 1. The number of rotatable bonds is 5. The van der Waals surface area contributed by atoms with Crippen LogP contribution >= 0.6 is 35.2 Å². The van der Waals surface area contributed by atoms with Crippen LogP contribution in [0.4, 0.5) is 10.8 Å². The van der Waals surface area contributed by atoms with Gasteiger partial charge in [0.15, 0.2) is 10.2 Å². The van der Waals surface area contributed by atoms with E-state index in [1.54, 1.807) is 35.9 Å². The summed E-state index contributed by atoms with van der Waals surface area (Å²) in [5.41, 5.74) is 3.98. The highest BCUT2D eigenvalue weighted by Gasteiger charge is 2.17. The van der Waals surface area contributed by atoms with E-state index in [0.29, 0.717) is 26.6 Å². The van der Waals surface area contributed by atoms with E-state index in [1.807, 2.05) is 6.92 Å². The molecule has 0 aliphatic heterocycles. The summed E-state index contributed by atoms with van der Waals surface area (Å²) in [7, 11) is 0. The van der Waals surface area contributed by atoms with Crippen LogP contribution in [0.3, 0.4) is 0 Å². The lowest BCUT2D eigenvalue weighted by Crippen LogP contribution is -2.31. The molecule has 2 N–H and O–H groups in total. The molecule has 0 bridgehead atoms. The number of aromatic nitrogens is 1. The van der Waals surface area contributed by atoms with Crippen LogP contribution in [0.1, 0.15) is 19.5 Å². The zero-order valence-corrected chi connectivity index (χ0v) is 15.5. The Kier molecular flexibility index (Phi) is 6.65. The number of nitrogens with one attached hydrogen (secondary N) is 2. The second-order valence-corrected chi connectivity index (χ2v) is 6.30. The lowest BCUT2D eigenvalue weighted by Gasteiger charge is -2.18. The molecule has 0 unspecified atom stereocenters. The fourth-order valence-corrected chi connectivity index (χ4v) is 3.06. The zero-order valence-electron chi connectivity index (χ0n) is 13.1. The molecule has 0 aliphatic rings. The molecule has 2 aromatic rings. The third-order valence-corrected chi connectivity index (χ3v) is 4.10. The maximum Gasteiger partial charge on any atom is 0.230 e. The summed E-state index contributed by atoms with van der Waals surface area (Å²) in [5, 5.41) is 10.3. The molecule has 0 saturated carbocycles. The van der Waals surface area contributed by atoms with E-state index in [0.717, 1.165) is 6.54 Å². The predicted octanol–water partition coefficient (Wildman–Crippen LogP) is 3.30. The molecule has 0 fully saturated rings. The summed E-state index contributed by atoms with van der Waals surface area (Å²) >= 11 is 12.4. The van der Waals surface area contributed by atoms with Crippen LogP contribution in [0, 0.1) is 0 Å². The van der Waals surface area contributed by atoms with Gasteiger partial charge in [0.2, 0.25) is 5.91 Å². The molecule has 0 radical (unpaired) electrons. The summed E-state index contributed by atoms with van der Waals surface area (Å²) in [6.07, 6.45) is 1.54. The second-order valence-electron chi connectivity index (χ2n) is 4.62. The van der Waals surface area contributed by atoms with Gasteiger partial charge in [-0.15, -0.1) is 11.3 Å². The highest BCUT2D eigenvalue weighted by atomic mass is 35.5. The molecular weight excluding hydrogens is 366 g/mol. The number of hydrogen-bond acceptors (Lipinski definition) is 5. The van der Waals surface area contributed by atoms with Gasteiger partial charge < -0.3 is 5.32 Å². The molecule has 6 nitrogen and oxygen atoms in total. The van der Waals surface area contributed by atoms with Crippen LogP contribution in [0.5, 0.6) is 0 Å². The number of carbonyl (C=O) groups excluding carboxylic acids is 1. The molecule has 2 rings (SSSR count). The Morgan fingerprint density at radius 1 is 1.54 bits per heavy atom. The molecule has 126 valence electrons. The molecule has 1 aromatic heterocycles. The summed E-state index contributed by atoms with van der Waals surface area (Å²) in [6, 6.07) is 7.06. The van der Waals surface area contributed by atoms with Crippen LogP contribution in [0.25, 0.3) is 0 Å². The third kappa shape index (κ3) is 4.98. The monoisotopic (exact) mass is 381 g/mol. The van der Waals surface area contributed by atoms with Crippen LogP contribution in [-0.2, 0) is 4.79 Å². The summed E-state index contributed by atoms with van der Waals surface area (Å²) in [6.45, 7) is 4.14. The Morgan fingerprint density at radius 2 is 2.33 bits per heavy atom. The van der Waals surface area contributed by atoms with E-state index in [2.05, 4.69) is 20.8 Å². The van der Waals surface area contributed by atoms with Crippen molar-refractivity contribution in [2.75, 3.05) is 11.4 Å². The van der Waals surface area contributed by atoms with E-state index in [-0.39, 0.29) is 5.91 Å². The first-order valence-electron chi connectivity index (χ1n) is 7.10.